The Morgan fingerprint density at radius 1 is 1.53 bits per heavy atom. The van der Waals surface area contributed by atoms with Gasteiger partial charge in [-0.25, -0.2) is 0 Å². The number of anilines is 1. The number of aromatic nitrogens is 4. The van der Waals surface area contributed by atoms with Gasteiger partial charge in [0, 0.05) is 16.1 Å². The number of hydrogen-bond donors (Lipinski definition) is 2. The Hall–Kier alpha value is -2.36. The molecule has 98 valence electrons. The van der Waals surface area contributed by atoms with Gasteiger partial charge in [-0.3, -0.25) is 20.2 Å². The molecule has 1 amide bonds. The van der Waals surface area contributed by atoms with Crippen LogP contribution in [0.3, 0.4) is 0 Å². The normalized spacial score (nSPS) is 10.2. The minimum atomic E-state index is -0.552. The van der Waals surface area contributed by atoms with Crippen LogP contribution >= 0.6 is 15.9 Å². The predicted octanol–water partition coefficient (Wildman–Crippen LogP) is 1.43. The standard InChI is InChI=1S/C9H7BrN6O3/c1-4-6(2-5(10)3-7(4)16(18)19)8(17)11-9-12-14-15-13-9/h2-3H,1H3,(H2,11,12,13,14,15,17). The van der Waals surface area contributed by atoms with Crippen LogP contribution < -0.4 is 5.32 Å². The molecule has 1 aromatic heterocycles. The molecular formula is C9H7BrN6O3. The van der Waals surface area contributed by atoms with Crippen molar-refractivity contribution in [1.29, 1.82) is 0 Å². The Morgan fingerprint density at radius 3 is 2.84 bits per heavy atom. The summed E-state index contributed by atoms with van der Waals surface area (Å²) in [6.07, 6.45) is 0. The summed E-state index contributed by atoms with van der Waals surface area (Å²) in [4.78, 5) is 22.3. The monoisotopic (exact) mass is 326 g/mol. The average Bonchev–Trinajstić information content (AvgIpc) is 2.84. The van der Waals surface area contributed by atoms with Crippen LogP contribution in [-0.4, -0.2) is 31.5 Å². The van der Waals surface area contributed by atoms with E-state index < -0.39 is 10.8 Å². The van der Waals surface area contributed by atoms with E-state index in [4.69, 9.17) is 0 Å². The summed E-state index contributed by atoms with van der Waals surface area (Å²) in [5.74, 6) is -0.560. The van der Waals surface area contributed by atoms with Crippen molar-refractivity contribution < 1.29 is 9.72 Å². The minimum Gasteiger partial charge on any atom is -0.288 e. The number of nitro benzene ring substituents is 1. The summed E-state index contributed by atoms with van der Waals surface area (Å²) in [5.41, 5.74) is 0.271. The zero-order valence-electron chi connectivity index (χ0n) is 9.55. The Bertz CT molecular complexity index is 642. The van der Waals surface area contributed by atoms with Crippen molar-refractivity contribution in [2.24, 2.45) is 0 Å². The molecular weight excluding hydrogens is 320 g/mol. The van der Waals surface area contributed by atoms with Crippen molar-refractivity contribution in [1.82, 2.24) is 20.6 Å². The van der Waals surface area contributed by atoms with E-state index in [1.807, 2.05) is 0 Å². The summed E-state index contributed by atoms with van der Waals surface area (Å²) >= 11 is 3.13. The van der Waals surface area contributed by atoms with Gasteiger partial charge in [0.2, 0.25) is 0 Å². The Balaban J connectivity index is 2.39. The zero-order chi connectivity index (χ0) is 14.0. The van der Waals surface area contributed by atoms with Crippen LogP contribution in [0, 0.1) is 17.0 Å². The SMILES string of the molecule is Cc1c(C(=O)Nc2nn[nH]n2)cc(Br)cc1[N+](=O)[O-]. The fraction of sp³-hybridized carbons (Fsp3) is 0.111. The third kappa shape index (κ3) is 2.73. The van der Waals surface area contributed by atoms with Crippen molar-refractivity contribution in [2.45, 2.75) is 6.92 Å². The fourth-order valence-corrected chi connectivity index (χ4v) is 1.92. The highest BCUT2D eigenvalue weighted by Crippen LogP contribution is 2.27. The molecule has 1 heterocycles. The Kier molecular flexibility index (Phi) is 3.51. The number of nitrogens with one attached hydrogen (secondary N) is 2. The minimum absolute atomic E-state index is 0.00738. The van der Waals surface area contributed by atoms with E-state index in [0.29, 0.717) is 4.47 Å². The number of benzene rings is 1. The van der Waals surface area contributed by atoms with Crippen molar-refractivity contribution in [2.75, 3.05) is 5.32 Å². The van der Waals surface area contributed by atoms with Crippen molar-refractivity contribution >= 4 is 33.5 Å². The van der Waals surface area contributed by atoms with Gasteiger partial charge in [0.05, 0.1) is 10.5 Å². The van der Waals surface area contributed by atoms with E-state index in [2.05, 4.69) is 41.9 Å². The molecule has 0 bridgehead atoms. The summed E-state index contributed by atoms with van der Waals surface area (Å²) in [7, 11) is 0. The van der Waals surface area contributed by atoms with Crippen LogP contribution in [0.15, 0.2) is 16.6 Å². The van der Waals surface area contributed by atoms with Gasteiger partial charge in [0.25, 0.3) is 17.5 Å². The first-order valence-electron chi connectivity index (χ1n) is 4.98. The molecule has 0 unspecified atom stereocenters. The Morgan fingerprint density at radius 2 is 2.26 bits per heavy atom. The molecule has 0 fully saturated rings. The van der Waals surface area contributed by atoms with Gasteiger partial charge in [0.1, 0.15) is 0 Å². The predicted molar refractivity (Wildman–Crippen MR) is 67.7 cm³/mol. The van der Waals surface area contributed by atoms with E-state index in [1.165, 1.54) is 19.1 Å². The van der Waals surface area contributed by atoms with Gasteiger partial charge in [-0.05, 0) is 18.2 Å². The summed E-state index contributed by atoms with van der Waals surface area (Å²) in [6.45, 7) is 1.50. The third-order valence-corrected chi connectivity index (χ3v) is 2.81. The lowest BCUT2D eigenvalue weighted by atomic mass is 10.1. The number of rotatable bonds is 3. The summed E-state index contributed by atoms with van der Waals surface area (Å²) in [5, 5.41) is 25.9. The first-order chi connectivity index (χ1) is 8.99. The molecule has 0 saturated carbocycles. The van der Waals surface area contributed by atoms with Gasteiger partial charge < -0.3 is 0 Å². The number of aromatic amines is 1. The van der Waals surface area contributed by atoms with E-state index in [9.17, 15) is 14.9 Å². The molecule has 0 saturated heterocycles. The smallest absolute Gasteiger partial charge is 0.274 e. The number of carbonyl (C=O) groups is 1. The highest BCUT2D eigenvalue weighted by molar-refractivity contribution is 9.10. The third-order valence-electron chi connectivity index (χ3n) is 2.36. The van der Waals surface area contributed by atoms with Crippen LogP contribution in [0.4, 0.5) is 11.6 Å². The fourth-order valence-electron chi connectivity index (χ4n) is 1.47. The van der Waals surface area contributed by atoms with Gasteiger partial charge >= 0.3 is 0 Å². The lowest BCUT2D eigenvalue weighted by molar-refractivity contribution is -0.385. The number of H-pyrrole nitrogens is 1. The lowest BCUT2D eigenvalue weighted by Gasteiger charge is -2.06. The highest BCUT2D eigenvalue weighted by Gasteiger charge is 2.20. The van der Waals surface area contributed by atoms with Crippen LogP contribution in [0.1, 0.15) is 15.9 Å². The maximum atomic E-state index is 12.0. The molecule has 0 aliphatic heterocycles. The zero-order valence-corrected chi connectivity index (χ0v) is 11.1. The van der Waals surface area contributed by atoms with E-state index in [-0.39, 0.29) is 22.8 Å². The molecule has 10 heteroatoms. The summed E-state index contributed by atoms with van der Waals surface area (Å²) < 4.78 is 0.433. The first-order valence-corrected chi connectivity index (χ1v) is 5.77. The van der Waals surface area contributed by atoms with Crippen molar-refractivity contribution in [3.63, 3.8) is 0 Å². The van der Waals surface area contributed by atoms with E-state index in [0.717, 1.165) is 0 Å². The molecule has 2 N–H and O–H groups in total. The van der Waals surface area contributed by atoms with Gasteiger partial charge in [0.15, 0.2) is 0 Å². The van der Waals surface area contributed by atoms with Crippen molar-refractivity contribution in [3.8, 4) is 0 Å². The Labute approximate surface area is 114 Å². The highest BCUT2D eigenvalue weighted by atomic mass is 79.9. The average molecular weight is 327 g/mol. The largest absolute Gasteiger partial charge is 0.288 e. The number of amides is 1. The molecule has 0 spiro atoms. The van der Waals surface area contributed by atoms with Crippen LogP contribution in [0.5, 0.6) is 0 Å². The quantitative estimate of drug-likeness (QED) is 0.648. The van der Waals surface area contributed by atoms with Crippen LogP contribution in [-0.2, 0) is 0 Å². The molecule has 2 aromatic rings. The number of tetrazole rings is 1. The van der Waals surface area contributed by atoms with Crippen LogP contribution in [0.2, 0.25) is 0 Å². The summed E-state index contributed by atoms with van der Waals surface area (Å²) in [6, 6.07) is 2.82. The molecule has 2 rings (SSSR count). The number of hydrogen-bond acceptors (Lipinski definition) is 6. The topological polar surface area (TPSA) is 127 Å². The second-order valence-electron chi connectivity index (χ2n) is 3.54. The molecule has 1 aromatic carbocycles. The maximum absolute atomic E-state index is 12.0. The van der Waals surface area contributed by atoms with E-state index >= 15 is 0 Å². The molecule has 0 aliphatic carbocycles. The van der Waals surface area contributed by atoms with Gasteiger partial charge in [-0.1, -0.05) is 21.0 Å². The van der Waals surface area contributed by atoms with Crippen LogP contribution in [0.25, 0.3) is 0 Å². The van der Waals surface area contributed by atoms with E-state index in [1.54, 1.807) is 0 Å². The molecule has 0 aliphatic rings. The van der Waals surface area contributed by atoms with Crippen molar-refractivity contribution in [3.05, 3.63) is 37.8 Å². The second-order valence-corrected chi connectivity index (χ2v) is 4.46. The lowest BCUT2D eigenvalue weighted by Crippen LogP contribution is -2.15. The van der Waals surface area contributed by atoms with Gasteiger partial charge in [-0.15, -0.1) is 5.10 Å². The number of halogens is 1. The maximum Gasteiger partial charge on any atom is 0.274 e. The molecule has 0 atom stereocenters. The molecule has 19 heavy (non-hydrogen) atoms. The number of nitrogens with zero attached hydrogens (tertiary/aromatic N) is 4. The second kappa shape index (κ2) is 5.10. The molecule has 0 radical (unpaired) electrons. The number of nitro groups is 1. The van der Waals surface area contributed by atoms with Gasteiger partial charge in [-0.2, -0.15) is 5.21 Å². The molecule has 9 nitrogen and oxygen atoms in total. The first kappa shape index (κ1) is 13.1. The number of carbonyl (C=O) groups excluding carboxylic acids is 1.